The molecular formula is C22H36O2. The van der Waals surface area contributed by atoms with Crippen molar-refractivity contribution >= 4 is 0 Å². The van der Waals surface area contributed by atoms with E-state index in [0.29, 0.717) is 10.8 Å². The van der Waals surface area contributed by atoms with Gasteiger partial charge in [-0.3, -0.25) is 0 Å². The number of fused-ring (bicyclic) bond motifs is 4. The molecule has 4 aliphatic rings. The number of hydrogen-bond donors (Lipinski definition) is 2. The summed E-state index contributed by atoms with van der Waals surface area (Å²) in [6.07, 6.45) is 10.3. The average Bonchev–Trinajstić information content (AvgIpc) is 2.88. The van der Waals surface area contributed by atoms with Crippen molar-refractivity contribution in [1.82, 2.24) is 0 Å². The van der Waals surface area contributed by atoms with E-state index in [1.165, 1.54) is 38.5 Å². The van der Waals surface area contributed by atoms with Crippen LogP contribution in [0, 0.1) is 28.1 Å². The first kappa shape index (κ1) is 17.1. The Morgan fingerprint density at radius 2 is 1.75 bits per heavy atom. The Kier molecular flexibility index (Phi) is 3.80. The highest BCUT2D eigenvalue weighted by atomic mass is 16.3. The van der Waals surface area contributed by atoms with Crippen molar-refractivity contribution in [3.63, 3.8) is 0 Å². The van der Waals surface area contributed by atoms with Crippen molar-refractivity contribution in [1.29, 1.82) is 0 Å². The molecular weight excluding hydrogens is 296 g/mol. The fraction of sp³-hybridized carbons (Fsp3) is 0.909. The Morgan fingerprint density at radius 3 is 2.46 bits per heavy atom. The van der Waals surface area contributed by atoms with Crippen LogP contribution in [0.4, 0.5) is 0 Å². The van der Waals surface area contributed by atoms with Gasteiger partial charge in [0.1, 0.15) is 0 Å². The average molecular weight is 333 g/mol. The summed E-state index contributed by atoms with van der Waals surface area (Å²) >= 11 is 0. The summed E-state index contributed by atoms with van der Waals surface area (Å²) in [6, 6.07) is 0. The monoisotopic (exact) mass is 332 g/mol. The Balaban J connectivity index is 1.69. The zero-order valence-electron chi connectivity index (χ0n) is 16.1. The van der Waals surface area contributed by atoms with Gasteiger partial charge in [-0.25, -0.2) is 0 Å². The fourth-order valence-corrected chi connectivity index (χ4v) is 7.38. The summed E-state index contributed by atoms with van der Waals surface area (Å²) in [4.78, 5) is 0. The van der Waals surface area contributed by atoms with E-state index in [0.717, 1.165) is 31.1 Å². The van der Waals surface area contributed by atoms with Crippen LogP contribution in [0.25, 0.3) is 0 Å². The predicted octanol–water partition coefficient (Wildman–Crippen LogP) is 4.84. The van der Waals surface area contributed by atoms with E-state index in [9.17, 15) is 10.2 Å². The van der Waals surface area contributed by atoms with Crippen molar-refractivity contribution in [2.45, 2.75) is 97.7 Å². The van der Waals surface area contributed by atoms with E-state index in [-0.39, 0.29) is 17.6 Å². The highest BCUT2D eigenvalue weighted by Gasteiger charge is 2.59. The van der Waals surface area contributed by atoms with Gasteiger partial charge in [-0.05, 0) is 87.4 Å². The van der Waals surface area contributed by atoms with Crippen molar-refractivity contribution < 1.29 is 10.2 Å². The molecule has 2 heteroatoms. The molecule has 0 bridgehead atoms. The first-order valence-electron chi connectivity index (χ1n) is 10.3. The highest BCUT2D eigenvalue weighted by molar-refractivity contribution is 5.35. The van der Waals surface area contributed by atoms with Crippen LogP contribution in [0.3, 0.4) is 0 Å². The third kappa shape index (κ3) is 2.08. The second-order valence-corrected chi connectivity index (χ2v) is 10.3. The Bertz CT molecular complexity index is 564. The molecule has 4 aliphatic carbocycles. The minimum atomic E-state index is -0.226. The molecule has 0 unspecified atom stereocenters. The quantitative estimate of drug-likeness (QED) is 0.674. The van der Waals surface area contributed by atoms with Gasteiger partial charge in [0.2, 0.25) is 0 Å². The van der Waals surface area contributed by atoms with Crippen molar-refractivity contribution in [2.75, 3.05) is 0 Å². The van der Waals surface area contributed by atoms with Gasteiger partial charge in [0.25, 0.3) is 0 Å². The van der Waals surface area contributed by atoms with Gasteiger partial charge in [0.15, 0.2) is 0 Å². The number of aliphatic hydroxyl groups is 2. The van der Waals surface area contributed by atoms with Crippen LogP contribution in [0.15, 0.2) is 11.1 Å². The van der Waals surface area contributed by atoms with Crippen LogP contribution in [-0.2, 0) is 0 Å². The van der Waals surface area contributed by atoms with Gasteiger partial charge in [-0.1, -0.05) is 31.9 Å². The van der Waals surface area contributed by atoms with E-state index in [4.69, 9.17) is 0 Å². The second kappa shape index (κ2) is 5.33. The van der Waals surface area contributed by atoms with Crippen LogP contribution in [0.1, 0.15) is 85.5 Å². The molecule has 2 fully saturated rings. The molecule has 0 heterocycles. The smallest absolute Gasteiger partial charge is 0.0602 e. The van der Waals surface area contributed by atoms with Crippen molar-refractivity contribution in [3.8, 4) is 0 Å². The van der Waals surface area contributed by atoms with Crippen molar-refractivity contribution in [2.24, 2.45) is 28.1 Å². The third-order valence-electron chi connectivity index (χ3n) is 9.44. The Labute approximate surface area is 147 Å². The SMILES string of the molecule is C[C@H](O)[C@]1(C)CCC2=C1CC[C@H]1[C@H]2CC[C@@]2(C)C[C@H](O)CC[C@]12C. The van der Waals surface area contributed by atoms with Gasteiger partial charge < -0.3 is 10.2 Å². The number of hydrogen-bond acceptors (Lipinski definition) is 2. The first-order valence-corrected chi connectivity index (χ1v) is 10.3. The molecule has 0 aromatic rings. The zero-order valence-corrected chi connectivity index (χ0v) is 16.1. The van der Waals surface area contributed by atoms with Crippen LogP contribution in [0.2, 0.25) is 0 Å². The van der Waals surface area contributed by atoms with Crippen molar-refractivity contribution in [3.05, 3.63) is 11.1 Å². The summed E-state index contributed by atoms with van der Waals surface area (Å²) < 4.78 is 0. The molecule has 0 spiro atoms. The maximum Gasteiger partial charge on any atom is 0.0602 e. The fourth-order valence-electron chi connectivity index (χ4n) is 7.38. The molecule has 7 atom stereocenters. The van der Waals surface area contributed by atoms with Crippen LogP contribution in [-0.4, -0.2) is 22.4 Å². The molecule has 24 heavy (non-hydrogen) atoms. The lowest BCUT2D eigenvalue weighted by molar-refractivity contribution is -0.130. The van der Waals surface area contributed by atoms with E-state index >= 15 is 0 Å². The van der Waals surface area contributed by atoms with Crippen LogP contribution in [0.5, 0.6) is 0 Å². The highest BCUT2D eigenvalue weighted by Crippen LogP contribution is 2.68. The minimum absolute atomic E-state index is 0.0325. The number of allylic oxidation sites excluding steroid dienone is 1. The topological polar surface area (TPSA) is 40.5 Å². The van der Waals surface area contributed by atoms with Gasteiger partial charge >= 0.3 is 0 Å². The molecule has 0 aromatic carbocycles. The van der Waals surface area contributed by atoms with E-state index < -0.39 is 0 Å². The summed E-state index contributed by atoms with van der Waals surface area (Å²) in [5, 5.41) is 20.7. The molecule has 0 amide bonds. The molecule has 4 rings (SSSR count). The zero-order chi connectivity index (χ0) is 17.3. The summed E-state index contributed by atoms with van der Waals surface area (Å²) in [7, 11) is 0. The predicted molar refractivity (Wildman–Crippen MR) is 97.6 cm³/mol. The molecule has 2 N–H and O–H groups in total. The van der Waals surface area contributed by atoms with Crippen LogP contribution < -0.4 is 0 Å². The number of rotatable bonds is 1. The first-order chi connectivity index (χ1) is 11.2. The lowest BCUT2D eigenvalue weighted by atomic mass is 9.43. The maximum atomic E-state index is 10.4. The number of aliphatic hydroxyl groups excluding tert-OH is 2. The van der Waals surface area contributed by atoms with E-state index in [1.54, 1.807) is 11.1 Å². The van der Waals surface area contributed by atoms with Gasteiger partial charge in [0.05, 0.1) is 12.2 Å². The second-order valence-electron chi connectivity index (χ2n) is 10.3. The van der Waals surface area contributed by atoms with Gasteiger partial charge in [-0.15, -0.1) is 0 Å². The summed E-state index contributed by atoms with van der Waals surface area (Å²) in [5.74, 6) is 1.54. The molecule has 2 nitrogen and oxygen atoms in total. The maximum absolute atomic E-state index is 10.4. The van der Waals surface area contributed by atoms with E-state index in [2.05, 4.69) is 20.8 Å². The van der Waals surface area contributed by atoms with E-state index in [1.807, 2.05) is 6.92 Å². The van der Waals surface area contributed by atoms with Gasteiger partial charge in [-0.2, -0.15) is 0 Å². The summed E-state index contributed by atoms with van der Waals surface area (Å²) in [5.41, 5.74) is 4.10. The normalized spacial score (nSPS) is 52.5. The van der Waals surface area contributed by atoms with Gasteiger partial charge in [0, 0.05) is 5.41 Å². The Hall–Kier alpha value is -0.340. The minimum Gasteiger partial charge on any atom is -0.393 e. The summed E-state index contributed by atoms with van der Waals surface area (Å²) in [6.45, 7) is 9.30. The molecule has 0 aliphatic heterocycles. The molecule has 2 saturated carbocycles. The lowest BCUT2D eigenvalue weighted by Crippen LogP contribution is -2.55. The molecule has 136 valence electrons. The lowest BCUT2D eigenvalue weighted by Gasteiger charge is -2.62. The molecule has 0 saturated heterocycles. The Morgan fingerprint density at radius 1 is 1.00 bits per heavy atom. The largest absolute Gasteiger partial charge is 0.393 e. The van der Waals surface area contributed by atoms with Crippen LogP contribution >= 0.6 is 0 Å². The standard InChI is InChI=1S/C22H36O2/c1-14(23)21(3)11-9-16-17-8-10-20(2)13-15(24)7-12-22(20,4)19(17)6-5-18(16)21/h14-15,17,19,23-24H,5-13H2,1-4H3/t14-,15+,17-,19-,20-,21-,22+/m0/s1. The third-order valence-corrected chi connectivity index (χ3v) is 9.44. The molecule has 0 aromatic heterocycles. The molecule has 0 radical (unpaired) electrons.